The van der Waals surface area contributed by atoms with Gasteiger partial charge in [0.1, 0.15) is 5.75 Å². The first-order valence-electron chi connectivity index (χ1n) is 7.35. The van der Waals surface area contributed by atoms with Crippen LogP contribution >= 0.6 is 0 Å². The van der Waals surface area contributed by atoms with Crippen LogP contribution in [0.15, 0.2) is 18.2 Å². The van der Waals surface area contributed by atoms with E-state index >= 15 is 0 Å². The molecule has 0 amide bonds. The molecule has 1 aliphatic rings. The topological polar surface area (TPSA) is 64.4 Å². The zero-order valence-electron chi connectivity index (χ0n) is 11.9. The van der Waals surface area contributed by atoms with Crippen LogP contribution in [0.2, 0.25) is 0 Å². The maximum atomic E-state index is 11.0. The molecule has 0 aliphatic heterocycles. The number of non-ortho nitro benzene ring substituents is 1. The third-order valence-corrected chi connectivity index (χ3v) is 3.64. The van der Waals surface area contributed by atoms with Gasteiger partial charge in [0.15, 0.2) is 0 Å². The summed E-state index contributed by atoms with van der Waals surface area (Å²) in [6.45, 7) is 3.47. The van der Waals surface area contributed by atoms with Crippen molar-refractivity contribution in [2.75, 3.05) is 18.5 Å². The Hall–Kier alpha value is -1.78. The second-order valence-electron chi connectivity index (χ2n) is 5.35. The number of rotatable bonds is 7. The molecule has 1 saturated carbocycles. The molecule has 0 spiro atoms. The fourth-order valence-corrected chi connectivity index (χ4v) is 2.57. The predicted molar refractivity (Wildman–Crippen MR) is 79.3 cm³/mol. The number of nitro benzene ring substituents is 1. The number of nitro groups is 1. The number of benzene rings is 1. The van der Waals surface area contributed by atoms with Gasteiger partial charge in [-0.1, -0.05) is 19.8 Å². The van der Waals surface area contributed by atoms with Gasteiger partial charge in [-0.05, 0) is 25.2 Å². The monoisotopic (exact) mass is 278 g/mol. The van der Waals surface area contributed by atoms with E-state index in [2.05, 4.69) is 5.32 Å². The smallest absolute Gasteiger partial charge is 0.275 e. The molecule has 0 unspecified atom stereocenters. The van der Waals surface area contributed by atoms with Crippen molar-refractivity contribution in [3.8, 4) is 5.75 Å². The van der Waals surface area contributed by atoms with E-state index in [1.54, 1.807) is 6.07 Å². The van der Waals surface area contributed by atoms with Gasteiger partial charge in [-0.2, -0.15) is 0 Å². The third-order valence-electron chi connectivity index (χ3n) is 3.64. The molecular formula is C15H22N2O3. The molecule has 1 N–H and O–H groups in total. The lowest BCUT2D eigenvalue weighted by Gasteiger charge is -2.13. The first-order valence-corrected chi connectivity index (χ1v) is 7.35. The summed E-state index contributed by atoms with van der Waals surface area (Å²) in [6.07, 6.45) is 5.98. The SMILES string of the molecule is CCCOc1cc(NCC2CCCC2)cc([N+](=O)[O-])c1. The summed E-state index contributed by atoms with van der Waals surface area (Å²) in [5.74, 6) is 1.25. The molecule has 0 radical (unpaired) electrons. The summed E-state index contributed by atoms with van der Waals surface area (Å²) in [7, 11) is 0. The molecule has 1 fully saturated rings. The molecule has 0 bridgehead atoms. The molecule has 110 valence electrons. The second-order valence-corrected chi connectivity index (χ2v) is 5.35. The number of hydrogen-bond donors (Lipinski definition) is 1. The van der Waals surface area contributed by atoms with Crippen LogP contribution in [0.4, 0.5) is 11.4 Å². The van der Waals surface area contributed by atoms with E-state index < -0.39 is 0 Å². The first kappa shape index (κ1) is 14.6. The van der Waals surface area contributed by atoms with Crippen molar-refractivity contribution in [2.24, 2.45) is 5.92 Å². The van der Waals surface area contributed by atoms with Crippen molar-refractivity contribution in [1.82, 2.24) is 0 Å². The molecule has 0 atom stereocenters. The Morgan fingerprint density at radius 2 is 2.10 bits per heavy atom. The quantitative estimate of drug-likeness (QED) is 0.605. The molecule has 5 heteroatoms. The molecule has 0 saturated heterocycles. The van der Waals surface area contributed by atoms with Crippen molar-refractivity contribution in [2.45, 2.75) is 39.0 Å². The summed E-state index contributed by atoms with van der Waals surface area (Å²) in [6, 6.07) is 4.90. The molecule has 0 aromatic heterocycles. The minimum atomic E-state index is -0.375. The normalized spacial score (nSPS) is 15.2. The average molecular weight is 278 g/mol. The maximum Gasteiger partial charge on any atom is 0.275 e. The molecule has 2 rings (SSSR count). The van der Waals surface area contributed by atoms with Gasteiger partial charge in [-0.15, -0.1) is 0 Å². The standard InChI is InChI=1S/C15H22N2O3/c1-2-7-20-15-9-13(8-14(10-15)17(18)19)16-11-12-5-3-4-6-12/h8-10,12,16H,2-7,11H2,1H3. The molecule has 1 aliphatic carbocycles. The highest BCUT2D eigenvalue weighted by molar-refractivity contribution is 5.56. The van der Waals surface area contributed by atoms with Crippen LogP contribution in [-0.2, 0) is 0 Å². The van der Waals surface area contributed by atoms with E-state index in [-0.39, 0.29) is 10.6 Å². The number of ether oxygens (including phenoxy) is 1. The summed E-state index contributed by atoms with van der Waals surface area (Å²) in [5.41, 5.74) is 0.852. The lowest BCUT2D eigenvalue weighted by Crippen LogP contribution is -2.11. The van der Waals surface area contributed by atoms with Crippen molar-refractivity contribution >= 4 is 11.4 Å². The Morgan fingerprint density at radius 1 is 1.35 bits per heavy atom. The zero-order valence-corrected chi connectivity index (χ0v) is 11.9. The Morgan fingerprint density at radius 3 is 2.75 bits per heavy atom. The van der Waals surface area contributed by atoms with Crippen LogP contribution in [0.1, 0.15) is 39.0 Å². The molecule has 20 heavy (non-hydrogen) atoms. The fraction of sp³-hybridized carbons (Fsp3) is 0.600. The summed E-state index contributed by atoms with van der Waals surface area (Å²) in [4.78, 5) is 10.6. The molecule has 0 heterocycles. The van der Waals surface area contributed by atoms with E-state index in [9.17, 15) is 10.1 Å². The lowest BCUT2D eigenvalue weighted by molar-refractivity contribution is -0.384. The maximum absolute atomic E-state index is 11.0. The Labute approximate surface area is 119 Å². The van der Waals surface area contributed by atoms with Gasteiger partial charge in [0.2, 0.25) is 0 Å². The van der Waals surface area contributed by atoms with Gasteiger partial charge in [-0.25, -0.2) is 0 Å². The summed E-state index contributed by atoms with van der Waals surface area (Å²) >= 11 is 0. The Kier molecular flexibility index (Phi) is 5.21. The fourth-order valence-electron chi connectivity index (χ4n) is 2.57. The van der Waals surface area contributed by atoms with Crippen LogP contribution in [0.5, 0.6) is 5.75 Å². The van der Waals surface area contributed by atoms with E-state index in [1.807, 2.05) is 13.0 Å². The number of nitrogens with one attached hydrogen (secondary N) is 1. The molecular weight excluding hydrogens is 256 g/mol. The number of nitrogens with zero attached hydrogens (tertiary/aromatic N) is 1. The van der Waals surface area contributed by atoms with Crippen LogP contribution in [0.3, 0.4) is 0 Å². The average Bonchev–Trinajstić information content (AvgIpc) is 2.96. The molecule has 1 aromatic carbocycles. The second kappa shape index (κ2) is 7.12. The Bertz CT molecular complexity index is 456. The van der Waals surface area contributed by atoms with Crippen molar-refractivity contribution in [3.05, 3.63) is 28.3 Å². The number of hydrogen-bond acceptors (Lipinski definition) is 4. The van der Waals surface area contributed by atoms with Crippen LogP contribution < -0.4 is 10.1 Å². The number of anilines is 1. The van der Waals surface area contributed by atoms with Crippen LogP contribution in [-0.4, -0.2) is 18.1 Å². The minimum Gasteiger partial charge on any atom is -0.493 e. The zero-order chi connectivity index (χ0) is 14.4. The van der Waals surface area contributed by atoms with Gasteiger partial charge >= 0.3 is 0 Å². The largest absolute Gasteiger partial charge is 0.493 e. The van der Waals surface area contributed by atoms with Gasteiger partial charge in [-0.3, -0.25) is 10.1 Å². The van der Waals surface area contributed by atoms with Crippen LogP contribution in [0.25, 0.3) is 0 Å². The third kappa shape index (κ3) is 4.11. The van der Waals surface area contributed by atoms with Crippen molar-refractivity contribution < 1.29 is 9.66 Å². The van der Waals surface area contributed by atoms with E-state index in [1.165, 1.54) is 31.7 Å². The van der Waals surface area contributed by atoms with Gasteiger partial charge in [0, 0.05) is 24.4 Å². The van der Waals surface area contributed by atoms with E-state index in [0.717, 1.165) is 18.7 Å². The lowest BCUT2D eigenvalue weighted by atomic mass is 10.1. The molecule has 5 nitrogen and oxygen atoms in total. The van der Waals surface area contributed by atoms with Crippen LogP contribution in [0, 0.1) is 16.0 Å². The van der Waals surface area contributed by atoms with Gasteiger partial charge < -0.3 is 10.1 Å². The van der Waals surface area contributed by atoms with Gasteiger partial charge in [0.05, 0.1) is 17.6 Å². The predicted octanol–water partition coefficient (Wildman–Crippen LogP) is 3.99. The van der Waals surface area contributed by atoms with E-state index in [4.69, 9.17) is 4.74 Å². The highest BCUT2D eigenvalue weighted by atomic mass is 16.6. The minimum absolute atomic E-state index is 0.0764. The van der Waals surface area contributed by atoms with Crippen molar-refractivity contribution in [1.29, 1.82) is 0 Å². The first-order chi connectivity index (χ1) is 9.69. The molecule has 1 aromatic rings. The van der Waals surface area contributed by atoms with Gasteiger partial charge in [0.25, 0.3) is 5.69 Å². The summed E-state index contributed by atoms with van der Waals surface area (Å²) in [5, 5.41) is 14.3. The highest BCUT2D eigenvalue weighted by Gasteiger charge is 2.16. The van der Waals surface area contributed by atoms with Crippen molar-refractivity contribution in [3.63, 3.8) is 0 Å². The Balaban J connectivity index is 2.04. The summed E-state index contributed by atoms with van der Waals surface area (Å²) < 4.78 is 5.51. The van der Waals surface area contributed by atoms with E-state index in [0.29, 0.717) is 18.3 Å². The highest BCUT2D eigenvalue weighted by Crippen LogP contribution is 2.28.